The number of nitrogens with zero attached hydrogens (tertiary/aromatic N) is 3. The Morgan fingerprint density at radius 2 is 2.26 bits per heavy atom. The first kappa shape index (κ1) is 18.2. The Balaban J connectivity index is 1.93. The minimum atomic E-state index is -0.445. The van der Waals surface area contributed by atoms with Crippen molar-refractivity contribution < 1.29 is 9.53 Å². The highest BCUT2D eigenvalue weighted by Gasteiger charge is 2.29. The number of ether oxygens (including phenoxy) is 1. The molecule has 1 aliphatic rings. The van der Waals surface area contributed by atoms with Gasteiger partial charge in [-0.3, -0.25) is 4.90 Å². The van der Waals surface area contributed by atoms with Crippen molar-refractivity contribution in [3.05, 3.63) is 28.5 Å². The molecule has 1 fully saturated rings. The van der Waals surface area contributed by atoms with Gasteiger partial charge in [0.15, 0.2) is 0 Å². The summed E-state index contributed by atoms with van der Waals surface area (Å²) in [4.78, 5) is 20.5. The molecule has 0 N–H and O–H groups in total. The van der Waals surface area contributed by atoms with Gasteiger partial charge in [-0.15, -0.1) is 0 Å². The van der Waals surface area contributed by atoms with E-state index in [1.807, 2.05) is 37.8 Å². The predicted molar refractivity (Wildman–Crippen MR) is 94.2 cm³/mol. The standard InChI is InChI=1S/C17H26BrN3O2/c1-17(2,3)23-16(22)21-9-5-6-14(12-21)20(4)11-13-7-8-19-15(18)10-13/h7-8,10,14H,5-6,9,11-12H2,1-4H3/t14-/m1/s1. The van der Waals surface area contributed by atoms with Crippen LogP contribution >= 0.6 is 15.9 Å². The Morgan fingerprint density at radius 1 is 1.52 bits per heavy atom. The summed E-state index contributed by atoms with van der Waals surface area (Å²) in [6.45, 7) is 8.05. The summed E-state index contributed by atoms with van der Waals surface area (Å²) in [5.74, 6) is 0. The smallest absolute Gasteiger partial charge is 0.410 e. The summed E-state index contributed by atoms with van der Waals surface area (Å²) in [7, 11) is 2.11. The second-order valence-corrected chi connectivity index (χ2v) is 7.94. The Bertz CT molecular complexity index is 545. The molecule has 1 atom stereocenters. The molecule has 5 nitrogen and oxygen atoms in total. The van der Waals surface area contributed by atoms with Gasteiger partial charge in [-0.05, 0) is 74.3 Å². The van der Waals surface area contributed by atoms with Crippen molar-refractivity contribution in [2.45, 2.75) is 51.8 Å². The molecule has 0 radical (unpaired) electrons. The van der Waals surface area contributed by atoms with E-state index in [-0.39, 0.29) is 6.09 Å². The van der Waals surface area contributed by atoms with Crippen LogP contribution in [0.25, 0.3) is 0 Å². The second-order valence-electron chi connectivity index (χ2n) is 7.12. The van der Waals surface area contributed by atoms with Gasteiger partial charge in [-0.25, -0.2) is 9.78 Å². The van der Waals surface area contributed by atoms with Crippen LogP contribution in [0.5, 0.6) is 0 Å². The Hall–Kier alpha value is -1.14. The summed E-state index contributed by atoms with van der Waals surface area (Å²) in [5, 5.41) is 0. The number of piperidine rings is 1. The highest BCUT2D eigenvalue weighted by molar-refractivity contribution is 9.10. The minimum absolute atomic E-state index is 0.206. The van der Waals surface area contributed by atoms with Crippen molar-refractivity contribution in [3.63, 3.8) is 0 Å². The molecular formula is C17H26BrN3O2. The fraction of sp³-hybridized carbons (Fsp3) is 0.647. The maximum Gasteiger partial charge on any atom is 0.410 e. The highest BCUT2D eigenvalue weighted by Crippen LogP contribution is 2.20. The lowest BCUT2D eigenvalue weighted by molar-refractivity contribution is 0.0121. The van der Waals surface area contributed by atoms with Crippen LogP contribution in [-0.4, -0.2) is 52.7 Å². The zero-order valence-corrected chi connectivity index (χ0v) is 16.0. The molecule has 0 aliphatic carbocycles. The number of carbonyl (C=O) groups is 1. The molecule has 2 heterocycles. The average molecular weight is 384 g/mol. The first-order valence-corrected chi connectivity index (χ1v) is 8.82. The zero-order chi connectivity index (χ0) is 17.0. The van der Waals surface area contributed by atoms with Gasteiger partial charge in [0.1, 0.15) is 10.2 Å². The SMILES string of the molecule is CN(Cc1ccnc(Br)c1)[C@@H]1CCCN(C(=O)OC(C)(C)C)C1. The van der Waals surface area contributed by atoms with Crippen LogP contribution in [0.4, 0.5) is 4.79 Å². The van der Waals surface area contributed by atoms with E-state index < -0.39 is 5.60 Å². The van der Waals surface area contributed by atoms with Crippen LogP contribution in [0.3, 0.4) is 0 Å². The molecule has 1 aromatic rings. The second kappa shape index (κ2) is 7.62. The van der Waals surface area contributed by atoms with Crippen LogP contribution in [0.15, 0.2) is 22.9 Å². The first-order valence-electron chi connectivity index (χ1n) is 8.03. The fourth-order valence-corrected chi connectivity index (χ4v) is 3.18. The predicted octanol–water partition coefficient (Wildman–Crippen LogP) is 3.68. The van der Waals surface area contributed by atoms with E-state index in [0.717, 1.165) is 37.1 Å². The third kappa shape index (κ3) is 5.77. The van der Waals surface area contributed by atoms with E-state index in [4.69, 9.17) is 4.74 Å². The molecule has 1 aromatic heterocycles. The molecule has 1 amide bonds. The Labute approximate surface area is 147 Å². The summed E-state index contributed by atoms with van der Waals surface area (Å²) >= 11 is 3.41. The van der Waals surface area contributed by atoms with E-state index in [1.165, 1.54) is 5.56 Å². The summed E-state index contributed by atoms with van der Waals surface area (Å²) in [6, 6.07) is 4.41. The quantitative estimate of drug-likeness (QED) is 0.746. The van der Waals surface area contributed by atoms with Crippen molar-refractivity contribution in [1.82, 2.24) is 14.8 Å². The molecule has 23 heavy (non-hydrogen) atoms. The number of halogens is 1. The van der Waals surface area contributed by atoms with Gasteiger partial charge >= 0.3 is 6.09 Å². The lowest BCUT2D eigenvalue weighted by Crippen LogP contribution is -2.49. The molecule has 6 heteroatoms. The number of likely N-dealkylation sites (N-methyl/N-ethyl adjacent to an activating group) is 1. The molecule has 0 aromatic carbocycles. The topological polar surface area (TPSA) is 45.7 Å². The van der Waals surface area contributed by atoms with Crippen LogP contribution in [0.1, 0.15) is 39.2 Å². The maximum atomic E-state index is 12.3. The van der Waals surface area contributed by atoms with Crippen molar-refractivity contribution in [3.8, 4) is 0 Å². The van der Waals surface area contributed by atoms with Crippen LogP contribution < -0.4 is 0 Å². The highest BCUT2D eigenvalue weighted by atomic mass is 79.9. The van der Waals surface area contributed by atoms with Gasteiger partial charge in [0.2, 0.25) is 0 Å². The lowest BCUT2D eigenvalue weighted by atomic mass is 10.0. The van der Waals surface area contributed by atoms with Gasteiger partial charge in [0.25, 0.3) is 0 Å². The van der Waals surface area contributed by atoms with E-state index in [2.05, 4.69) is 32.9 Å². The summed E-state index contributed by atoms with van der Waals surface area (Å²) in [5.41, 5.74) is 0.767. The zero-order valence-electron chi connectivity index (χ0n) is 14.4. The number of amides is 1. The molecule has 128 valence electrons. The molecule has 2 rings (SSSR count). The fourth-order valence-electron chi connectivity index (χ4n) is 2.76. The van der Waals surface area contributed by atoms with Crippen LogP contribution in [0.2, 0.25) is 0 Å². The lowest BCUT2D eigenvalue weighted by Gasteiger charge is -2.38. The van der Waals surface area contributed by atoms with Gasteiger partial charge < -0.3 is 9.64 Å². The number of likely N-dealkylation sites (tertiary alicyclic amines) is 1. The number of carbonyl (C=O) groups excluding carboxylic acids is 1. The van der Waals surface area contributed by atoms with Crippen LogP contribution in [-0.2, 0) is 11.3 Å². The number of aromatic nitrogens is 1. The normalized spacial score (nSPS) is 19.0. The monoisotopic (exact) mass is 383 g/mol. The number of hydrogen-bond donors (Lipinski definition) is 0. The van der Waals surface area contributed by atoms with Gasteiger partial charge in [-0.2, -0.15) is 0 Å². The van der Waals surface area contributed by atoms with Crippen molar-refractivity contribution in [2.75, 3.05) is 20.1 Å². The Morgan fingerprint density at radius 3 is 2.91 bits per heavy atom. The largest absolute Gasteiger partial charge is 0.444 e. The molecule has 1 aliphatic heterocycles. The van der Waals surface area contributed by atoms with Crippen molar-refractivity contribution in [1.29, 1.82) is 0 Å². The third-order valence-electron chi connectivity index (χ3n) is 3.89. The van der Waals surface area contributed by atoms with Gasteiger partial charge in [0, 0.05) is 31.9 Å². The first-order chi connectivity index (χ1) is 10.7. The molecule has 0 spiro atoms. The summed E-state index contributed by atoms with van der Waals surface area (Å²) in [6.07, 6.45) is 3.71. The van der Waals surface area contributed by atoms with Crippen LogP contribution in [0, 0.1) is 0 Å². The average Bonchev–Trinajstić information content (AvgIpc) is 2.45. The molecular weight excluding hydrogens is 358 g/mol. The third-order valence-corrected chi connectivity index (χ3v) is 4.33. The minimum Gasteiger partial charge on any atom is -0.444 e. The number of rotatable bonds is 3. The molecule has 1 saturated heterocycles. The number of pyridine rings is 1. The van der Waals surface area contributed by atoms with Crippen molar-refractivity contribution in [2.24, 2.45) is 0 Å². The molecule has 0 bridgehead atoms. The van der Waals surface area contributed by atoms with Gasteiger partial charge in [0.05, 0.1) is 0 Å². The Kier molecular flexibility index (Phi) is 6.03. The maximum absolute atomic E-state index is 12.3. The summed E-state index contributed by atoms with van der Waals surface area (Å²) < 4.78 is 6.34. The van der Waals surface area contributed by atoms with E-state index >= 15 is 0 Å². The molecule has 0 saturated carbocycles. The number of hydrogen-bond acceptors (Lipinski definition) is 4. The van der Waals surface area contributed by atoms with E-state index in [1.54, 1.807) is 6.20 Å². The van der Waals surface area contributed by atoms with E-state index in [0.29, 0.717) is 6.04 Å². The molecule has 0 unspecified atom stereocenters. The van der Waals surface area contributed by atoms with E-state index in [9.17, 15) is 4.79 Å². The van der Waals surface area contributed by atoms with Crippen molar-refractivity contribution >= 4 is 22.0 Å². The van der Waals surface area contributed by atoms with Gasteiger partial charge in [-0.1, -0.05) is 0 Å².